The summed E-state index contributed by atoms with van der Waals surface area (Å²) in [4.78, 5) is 0. The molecule has 3 heteroatoms. The van der Waals surface area contributed by atoms with Crippen molar-refractivity contribution in [1.82, 2.24) is 0 Å². The van der Waals surface area contributed by atoms with Crippen LogP contribution in [-0.4, -0.2) is 25.4 Å². The first-order chi connectivity index (χ1) is 7.66. The monoisotopic (exact) mass is 221 g/mol. The molecule has 2 rings (SSSR count). The van der Waals surface area contributed by atoms with E-state index in [4.69, 9.17) is 9.47 Å². The van der Waals surface area contributed by atoms with Gasteiger partial charge in [-0.2, -0.15) is 0 Å². The summed E-state index contributed by atoms with van der Waals surface area (Å²) in [5, 5.41) is 3.40. The number of anilines is 1. The lowest BCUT2D eigenvalue weighted by Crippen LogP contribution is -2.35. The molecule has 0 radical (unpaired) electrons. The van der Waals surface area contributed by atoms with Gasteiger partial charge in [-0.15, -0.1) is 0 Å². The molecule has 0 aromatic heterocycles. The van der Waals surface area contributed by atoms with Gasteiger partial charge in [0.1, 0.15) is 11.9 Å². The van der Waals surface area contributed by atoms with Crippen LogP contribution >= 0.6 is 0 Å². The fraction of sp³-hybridized carbons (Fsp3) is 0.538. The van der Waals surface area contributed by atoms with Crippen LogP contribution in [0.4, 0.5) is 5.69 Å². The number of hydrogen-bond acceptors (Lipinski definition) is 3. The first kappa shape index (κ1) is 11.3. The van der Waals surface area contributed by atoms with Gasteiger partial charge in [0, 0.05) is 0 Å². The smallest absolute Gasteiger partial charge is 0.143 e. The SMILES string of the molecule is Cc1cccc2c1NCC(COC(C)C)O2. The molecular weight excluding hydrogens is 202 g/mol. The van der Waals surface area contributed by atoms with Crippen LogP contribution in [0.1, 0.15) is 19.4 Å². The Bertz CT molecular complexity index is 363. The second-order valence-electron chi connectivity index (χ2n) is 4.45. The third kappa shape index (κ3) is 2.47. The zero-order chi connectivity index (χ0) is 11.5. The van der Waals surface area contributed by atoms with Crippen LogP contribution in [-0.2, 0) is 4.74 Å². The fourth-order valence-electron chi connectivity index (χ4n) is 1.80. The molecule has 3 nitrogen and oxygen atoms in total. The minimum atomic E-state index is 0.108. The molecule has 1 aliphatic heterocycles. The Morgan fingerprint density at radius 2 is 2.31 bits per heavy atom. The second kappa shape index (κ2) is 4.74. The summed E-state index contributed by atoms with van der Waals surface area (Å²) in [6.45, 7) is 7.60. The van der Waals surface area contributed by atoms with E-state index in [-0.39, 0.29) is 12.2 Å². The summed E-state index contributed by atoms with van der Waals surface area (Å²) in [5.41, 5.74) is 2.34. The third-order valence-corrected chi connectivity index (χ3v) is 2.65. The van der Waals surface area contributed by atoms with Crippen molar-refractivity contribution < 1.29 is 9.47 Å². The van der Waals surface area contributed by atoms with Crippen LogP contribution in [0.2, 0.25) is 0 Å². The van der Waals surface area contributed by atoms with Crippen molar-refractivity contribution in [3.63, 3.8) is 0 Å². The van der Waals surface area contributed by atoms with Gasteiger partial charge in [0.05, 0.1) is 24.9 Å². The molecule has 16 heavy (non-hydrogen) atoms. The molecule has 0 fully saturated rings. The van der Waals surface area contributed by atoms with E-state index >= 15 is 0 Å². The Hall–Kier alpha value is -1.22. The van der Waals surface area contributed by atoms with Gasteiger partial charge in [-0.1, -0.05) is 12.1 Å². The Labute approximate surface area is 96.8 Å². The van der Waals surface area contributed by atoms with Gasteiger partial charge in [0.2, 0.25) is 0 Å². The summed E-state index contributed by atoms with van der Waals surface area (Å²) in [6.07, 6.45) is 0.360. The number of fused-ring (bicyclic) bond motifs is 1. The molecule has 1 aromatic carbocycles. The minimum absolute atomic E-state index is 0.108. The lowest BCUT2D eigenvalue weighted by Gasteiger charge is -2.28. The average molecular weight is 221 g/mol. The highest BCUT2D eigenvalue weighted by Crippen LogP contribution is 2.31. The van der Waals surface area contributed by atoms with Crippen molar-refractivity contribution >= 4 is 5.69 Å². The molecule has 0 bridgehead atoms. The standard InChI is InChI=1S/C13H19NO2/c1-9(2)15-8-11-7-14-13-10(3)5-4-6-12(13)16-11/h4-6,9,11,14H,7-8H2,1-3H3. The van der Waals surface area contributed by atoms with E-state index in [1.165, 1.54) is 5.56 Å². The Morgan fingerprint density at radius 1 is 1.50 bits per heavy atom. The van der Waals surface area contributed by atoms with Crippen LogP contribution in [0.3, 0.4) is 0 Å². The van der Waals surface area contributed by atoms with E-state index in [9.17, 15) is 0 Å². The van der Waals surface area contributed by atoms with Gasteiger partial charge in [-0.05, 0) is 32.4 Å². The van der Waals surface area contributed by atoms with E-state index in [1.54, 1.807) is 0 Å². The normalized spacial score (nSPS) is 18.9. The number of para-hydroxylation sites is 1. The molecule has 0 amide bonds. The maximum atomic E-state index is 5.88. The number of ether oxygens (including phenoxy) is 2. The summed E-state index contributed by atoms with van der Waals surface area (Å²) >= 11 is 0. The van der Waals surface area contributed by atoms with Gasteiger partial charge in [0.25, 0.3) is 0 Å². The zero-order valence-corrected chi connectivity index (χ0v) is 10.1. The molecule has 1 unspecified atom stereocenters. The quantitative estimate of drug-likeness (QED) is 0.851. The maximum Gasteiger partial charge on any atom is 0.143 e. The molecule has 0 aliphatic carbocycles. The van der Waals surface area contributed by atoms with E-state index < -0.39 is 0 Å². The number of nitrogens with one attached hydrogen (secondary N) is 1. The Balaban J connectivity index is 2.01. The zero-order valence-electron chi connectivity index (χ0n) is 10.1. The molecule has 88 valence electrons. The van der Waals surface area contributed by atoms with Gasteiger partial charge in [-0.25, -0.2) is 0 Å². The highest BCUT2D eigenvalue weighted by Gasteiger charge is 2.20. The van der Waals surface area contributed by atoms with E-state index in [0.717, 1.165) is 18.0 Å². The molecule has 1 aromatic rings. The van der Waals surface area contributed by atoms with Gasteiger partial charge in [0.15, 0.2) is 0 Å². The molecule has 0 saturated heterocycles. The Morgan fingerprint density at radius 3 is 3.06 bits per heavy atom. The predicted molar refractivity (Wildman–Crippen MR) is 65.2 cm³/mol. The molecule has 1 aliphatic rings. The number of benzene rings is 1. The van der Waals surface area contributed by atoms with Crippen LogP contribution in [0.5, 0.6) is 5.75 Å². The first-order valence-corrected chi connectivity index (χ1v) is 5.78. The molecule has 1 atom stereocenters. The minimum Gasteiger partial charge on any atom is -0.484 e. The first-order valence-electron chi connectivity index (χ1n) is 5.78. The third-order valence-electron chi connectivity index (χ3n) is 2.65. The van der Waals surface area contributed by atoms with Gasteiger partial charge >= 0.3 is 0 Å². The van der Waals surface area contributed by atoms with Crippen LogP contribution < -0.4 is 10.1 Å². The van der Waals surface area contributed by atoms with Crippen LogP contribution in [0, 0.1) is 6.92 Å². The van der Waals surface area contributed by atoms with Crippen molar-refractivity contribution in [2.24, 2.45) is 0 Å². The fourth-order valence-corrected chi connectivity index (χ4v) is 1.80. The number of rotatable bonds is 3. The lowest BCUT2D eigenvalue weighted by molar-refractivity contribution is 0.0190. The van der Waals surface area contributed by atoms with Crippen molar-refractivity contribution in [1.29, 1.82) is 0 Å². The van der Waals surface area contributed by atoms with E-state index in [2.05, 4.69) is 18.3 Å². The molecule has 0 saturated carbocycles. The molecule has 1 heterocycles. The summed E-state index contributed by atoms with van der Waals surface area (Å²) in [5.74, 6) is 0.934. The van der Waals surface area contributed by atoms with Crippen molar-refractivity contribution in [3.8, 4) is 5.75 Å². The van der Waals surface area contributed by atoms with Crippen molar-refractivity contribution in [3.05, 3.63) is 23.8 Å². The van der Waals surface area contributed by atoms with Crippen LogP contribution in [0.15, 0.2) is 18.2 Å². The Kier molecular flexibility index (Phi) is 3.34. The highest BCUT2D eigenvalue weighted by atomic mass is 16.5. The van der Waals surface area contributed by atoms with Crippen LogP contribution in [0.25, 0.3) is 0 Å². The van der Waals surface area contributed by atoms with Gasteiger partial charge in [-0.3, -0.25) is 0 Å². The van der Waals surface area contributed by atoms with Crippen molar-refractivity contribution in [2.75, 3.05) is 18.5 Å². The van der Waals surface area contributed by atoms with Gasteiger partial charge < -0.3 is 14.8 Å². The second-order valence-corrected chi connectivity index (χ2v) is 4.45. The molecule has 0 spiro atoms. The summed E-state index contributed by atoms with van der Waals surface area (Å²) < 4.78 is 11.4. The predicted octanol–water partition coefficient (Wildman–Crippen LogP) is 2.59. The maximum absolute atomic E-state index is 5.88. The largest absolute Gasteiger partial charge is 0.484 e. The van der Waals surface area contributed by atoms with Crippen molar-refractivity contribution in [2.45, 2.75) is 33.0 Å². The summed E-state index contributed by atoms with van der Waals surface area (Å²) in [6, 6.07) is 6.10. The van der Waals surface area contributed by atoms with E-state index in [1.807, 2.05) is 26.0 Å². The lowest BCUT2D eigenvalue weighted by atomic mass is 10.1. The topological polar surface area (TPSA) is 30.5 Å². The number of hydrogen-bond donors (Lipinski definition) is 1. The van der Waals surface area contributed by atoms with E-state index in [0.29, 0.717) is 6.61 Å². The molecule has 1 N–H and O–H groups in total. The highest BCUT2D eigenvalue weighted by molar-refractivity contribution is 5.62. The summed E-state index contributed by atoms with van der Waals surface area (Å²) in [7, 11) is 0. The number of aryl methyl sites for hydroxylation is 1. The molecular formula is C13H19NO2. The average Bonchev–Trinajstić information content (AvgIpc) is 2.26.